The lowest BCUT2D eigenvalue weighted by Gasteiger charge is -2.33. The van der Waals surface area contributed by atoms with Gasteiger partial charge in [0.2, 0.25) is 0 Å². The maximum Gasteiger partial charge on any atom is 0.408 e. The maximum atomic E-state index is 11.2. The number of carbonyl (C=O) groups is 1. The summed E-state index contributed by atoms with van der Waals surface area (Å²) >= 11 is 11.7. The molecule has 1 aliphatic rings. The van der Waals surface area contributed by atoms with E-state index in [1.165, 1.54) is 4.90 Å². The molecule has 17 heavy (non-hydrogen) atoms. The second-order valence-corrected chi connectivity index (χ2v) is 5.09. The standard InChI is InChI=1S/C11H12Cl2N2O2/c1-11(3-2-4-15(11)10(16)17)7-5-8(12)14-9(13)6-7/h5-6H,2-4H2,1H3,(H,16,17). The van der Waals surface area contributed by atoms with Crippen molar-refractivity contribution < 1.29 is 9.90 Å². The van der Waals surface area contributed by atoms with Crippen LogP contribution in [0, 0.1) is 0 Å². The summed E-state index contributed by atoms with van der Waals surface area (Å²) < 4.78 is 0. The van der Waals surface area contributed by atoms with Crippen molar-refractivity contribution >= 4 is 29.3 Å². The molecule has 1 fully saturated rings. The van der Waals surface area contributed by atoms with E-state index in [1.807, 2.05) is 6.92 Å². The van der Waals surface area contributed by atoms with Crippen LogP contribution in [0.1, 0.15) is 25.3 Å². The van der Waals surface area contributed by atoms with Gasteiger partial charge < -0.3 is 5.11 Å². The second kappa shape index (κ2) is 4.35. The topological polar surface area (TPSA) is 53.4 Å². The molecule has 4 nitrogen and oxygen atoms in total. The van der Waals surface area contributed by atoms with Crippen molar-refractivity contribution in [2.45, 2.75) is 25.3 Å². The fourth-order valence-electron chi connectivity index (χ4n) is 2.35. The number of carboxylic acid groups (broad SMARTS) is 1. The Morgan fingerprint density at radius 1 is 1.47 bits per heavy atom. The van der Waals surface area contributed by atoms with Gasteiger partial charge in [0, 0.05) is 6.54 Å². The number of hydrogen-bond acceptors (Lipinski definition) is 2. The molecule has 1 amide bonds. The summed E-state index contributed by atoms with van der Waals surface area (Å²) in [6, 6.07) is 3.35. The van der Waals surface area contributed by atoms with E-state index in [-0.39, 0.29) is 10.3 Å². The summed E-state index contributed by atoms with van der Waals surface area (Å²) in [4.78, 5) is 16.5. The van der Waals surface area contributed by atoms with E-state index in [1.54, 1.807) is 12.1 Å². The van der Waals surface area contributed by atoms with Gasteiger partial charge in [-0.1, -0.05) is 23.2 Å². The van der Waals surface area contributed by atoms with Gasteiger partial charge in [0.15, 0.2) is 0 Å². The zero-order valence-corrected chi connectivity index (χ0v) is 10.8. The first-order valence-electron chi connectivity index (χ1n) is 5.27. The summed E-state index contributed by atoms with van der Waals surface area (Å²) in [6.07, 6.45) is 0.671. The van der Waals surface area contributed by atoms with E-state index >= 15 is 0 Å². The van der Waals surface area contributed by atoms with Crippen molar-refractivity contribution in [1.82, 2.24) is 9.88 Å². The quantitative estimate of drug-likeness (QED) is 0.799. The lowest BCUT2D eigenvalue weighted by Crippen LogP contribution is -2.42. The maximum absolute atomic E-state index is 11.2. The molecule has 92 valence electrons. The Morgan fingerprint density at radius 2 is 2.06 bits per heavy atom. The first kappa shape index (κ1) is 12.5. The minimum atomic E-state index is -0.922. The van der Waals surface area contributed by atoms with Crippen LogP contribution in [0.5, 0.6) is 0 Å². The first-order chi connectivity index (χ1) is 7.93. The van der Waals surface area contributed by atoms with Gasteiger partial charge in [-0.2, -0.15) is 0 Å². The van der Waals surface area contributed by atoms with Gasteiger partial charge in [-0.15, -0.1) is 0 Å². The number of aromatic nitrogens is 1. The molecule has 2 rings (SSSR count). The minimum Gasteiger partial charge on any atom is -0.465 e. The number of rotatable bonds is 1. The van der Waals surface area contributed by atoms with E-state index < -0.39 is 11.6 Å². The summed E-state index contributed by atoms with van der Waals surface area (Å²) in [7, 11) is 0. The predicted molar refractivity (Wildman–Crippen MR) is 65.6 cm³/mol. The molecule has 0 spiro atoms. The van der Waals surface area contributed by atoms with Crippen molar-refractivity contribution in [3.05, 3.63) is 28.0 Å². The van der Waals surface area contributed by atoms with Crippen molar-refractivity contribution in [2.24, 2.45) is 0 Å². The van der Waals surface area contributed by atoms with Crippen molar-refractivity contribution in [3.63, 3.8) is 0 Å². The molecular weight excluding hydrogens is 263 g/mol. The molecule has 0 bridgehead atoms. The largest absolute Gasteiger partial charge is 0.465 e. The number of halogens is 2. The van der Waals surface area contributed by atoms with E-state index in [4.69, 9.17) is 23.2 Å². The number of nitrogens with zero attached hydrogens (tertiary/aromatic N) is 2. The van der Waals surface area contributed by atoms with Crippen molar-refractivity contribution in [3.8, 4) is 0 Å². The van der Waals surface area contributed by atoms with E-state index in [0.717, 1.165) is 18.4 Å². The van der Waals surface area contributed by atoms with Gasteiger partial charge in [0.25, 0.3) is 0 Å². The van der Waals surface area contributed by atoms with Crippen molar-refractivity contribution in [2.75, 3.05) is 6.54 Å². The van der Waals surface area contributed by atoms with Crippen LogP contribution >= 0.6 is 23.2 Å². The van der Waals surface area contributed by atoms with Crippen LogP contribution in [-0.2, 0) is 5.54 Å². The monoisotopic (exact) mass is 274 g/mol. The van der Waals surface area contributed by atoms with Crippen LogP contribution in [0.4, 0.5) is 4.79 Å². The average Bonchev–Trinajstić information content (AvgIpc) is 2.60. The van der Waals surface area contributed by atoms with Crippen LogP contribution in [0.15, 0.2) is 12.1 Å². The molecule has 0 aromatic carbocycles. The third-order valence-corrected chi connectivity index (χ3v) is 3.64. The Labute approximate surface area is 109 Å². The Hall–Kier alpha value is -1.00. The Bertz CT molecular complexity index is 447. The molecule has 1 aromatic rings. The molecule has 6 heteroatoms. The summed E-state index contributed by atoms with van der Waals surface area (Å²) in [6.45, 7) is 2.42. The van der Waals surface area contributed by atoms with Gasteiger partial charge in [-0.05, 0) is 37.5 Å². The van der Waals surface area contributed by atoms with E-state index in [2.05, 4.69) is 4.98 Å². The minimum absolute atomic E-state index is 0.283. The first-order valence-corrected chi connectivity index (χ1v) is 6.03. The molecule has 0 saturated carbocycles. The van der Waals surface area contributed by atoms with Gasteiger partial charge in [0.1, 0.15) is 10.3 Å². The fraction of sp³-hybridized carbons (Fsp3) is 0.455. The Morgan fingerprint density at radius 3 is 2.59 bits per heavy atom. The average molecular weight is 275 g/mol. The number of amides is 1. The lowest BCUT2D eigenvalue weighted by molar-refractivity contribution is 0.109. The van der Waals surface area contributed by atoms with Crippen molar-refractivity contribution in [1.29, 1.82) is 0 Å². The molecule has 1 atom stereocenters. The van der Waals surface area contributed by atoms with Crippen LogP contribution in [0.2, 0.25) is 10.3 Å². The van der Waals surface area contributed by atoms with Gasteiger partial charge in [-0.3, -0.25) is 4.90 Å². The third-order valence-electron chi connectivity index (χ3n) is 3.26. The SMILES string of the molecule is CC1(c2cc(Cl)nc(Cl)c2)CCCN1C(=O)O. The lowest BCUT2D eigenvalue weighted by atomic mass is 9.90. The van der Waals surface area contributed by atoms with Crippen LogP contribution in [0.3, 0.4) is 0 Å². The highest BCUT2D eigenvalue weighted by Crippen LogP contribution is 2.39. The van der Waals surface area contributed by atoms with Crippen LogP contribution in [0.25, 0.3) is 0 Å². The molecule has 0 aliphatic carbocycles. The zero-order chi connectivity index (χ0) is 12.6. The second-order valence-electron chi connectivity index (χ2n) is 4.31. The molecule has 1 unspecified atom stereocenters. The predicted octanol–water partition coefficient (Wildman–Crippen LogP) is 3.38. The normalized spacial score (nSPS) is 24.1. The summed E-state index contributed by atoms with van der Waals surface area (Å²) in [5.41, 5.74) is 0.226. The number of likely N-dealkylation sites (tertiary alicyclic amines) is 1. The van der Waals surface area contributed by atoms with Crippen LogP contribution < -0.4 is 0 Å². The smallest absolute Gasteiger partial charge is 0.408 e. The molecule has 1 aliphatic heterocycles. The van der Waals surface area contributed by atoms with E-state index in [0.29, 0.717) is 6.54 Å². The highest BCUT2D eigenvalue weighted by atomic mass is 35.5. The molecular formula is C11H12Cl2N2O2. The Kier molecular flexibility index (Phi) is 3.19. The highest BCUT2D eigenvalue weighted by Gasteiger charge is 2.41. The third kappa shape index (κ3) is 2.19. The Balaban J connectivity index is 2.46. The van der Waals surface area contributed by atoms with E-state index in [9.17, 15) is 9.90 Å². The van der Waals surface area contributed by atoms with Gasteiger partial charge in [-0.25, -0.2) is 9.78 Å². The molecule has 1 N–H and O–H groups in total. The highest BCUT2D eigenvalue weighted by molar-refractivity contribution is 6.32. The molecule has 0 radical (unpaired) electrons. The molecule has 1 saturated heterocycles. The van der Waals surface area contributed by atoms with Crippen LogP contribution in [-0.4, -0.2) is 27.6 Å². The zero-order valence-electron chi connectivity index (χ0n) is 9.28. The number of pyridine rings is 1. The number of hydrogen-bond donors (Lipinski definition) is 1. The van der Waals surface area contributed by atoms with Gasteiger partial charge in [0.05, 0.1) is 5.54 Å². The summed E-state index contributed by atoms with van der Waals surface area (Å²) in [5.74, 6) is 0. The fourth-order valence-corrected chi connectivity index (χ4v) is 2.81. The summed E-state index contributed by atoms with van der Waals surface area (Å²) in [5, 5.41) is 9.76. The van der Waals surface area contributed by atoms with Gasteiger partial charge >= 0.3 is 6.09 Å². The molecule has 1 aromatic heterocycles. The molecule has 2 heterocycles.